The second-order valence-corrected chi connectivity index (χ2v) is 13.8. The van der Waals surface area contributed by atoms with Gasteiger partial charge in [-0.1, -0.05) is 104 Å². The smallest absolute Gasteiger partial charge is 0.303 e. The number of carboxylic acids is 1. The molecule has 1 amide bonds. The van der Waals surface area contributed by atoms with Crippen molar-refractivity contribution in [2.24, 2.45) is 0 Å². The minimum atomic E-state index is -0.781. The van der Waals surface area contributed by atoms with E-state index in [1.807, 2.05) is 98.9 Å². The average molecular weight is 709 g/mol. The number of aliphatic hydroxyl groups is 2. The molecule has 1 aliphatic heterocycles. The number of ether oxygens (including phenoxy) is 2. The Bertz CT molecular complexity index is 1710. The Morgan fingerprint density at radius 1 is 0.808 bits per heavy atom. The number of rotatable bonds is 18. The highest BCUT2D eigenvalue weighted by atomic mass is 16.7. The third kappa shape index (κ3) is 11.3. The summed E-state index contributed by atoms with van der Waals surface area (Å²) in [6, 6.07) is 33.7. The van der Waals surface area contributed by atoms with Crippen LogP contribution in [0, 0.1) is 0 Å². The lowest BCUT2D eigenvalue weighted by Gasteiger charge is -2.39. The minimum Gasteiger partial charge on any atom is -0.481 e. The molecule has 9 heteroatoms. The maximum atomic E-state index is 12.5. The van der Waals surface area contributed by atoms with Crippen LogP contribution < -0.4 is 5.32 Å². The van der Waals surface area contributed by atoms with Gasteiger partial charge >= 0.3 is 5.97 Å². The number of carbonyl (C=O) groups excluding carboxylic acids is 1. The summed E-state index contributed by atoms with van der Waals surface area (Å²) in [6.07, 6.45) is 2.56. The maximum absolute atomic E-state index is 12.5. The molecule has 52 heavy (non-hydrogen) atoms. The van der Waals surface area contributed by atoms with Crippen molar-refractivity contribution < 1.29 is 34.4 Å². The number of likely N-dealkylation sites (N-methyl/N-ethyl adjacent to an activating group) is 1. The molecular formula is C43H52N2O7. The van der Waals surface area contributed by atoms with Gasteiger partial charge in [-0.2, -0.15) is 0 Å². The number of benzene rings is 4. The van der Waals surface area contributed by atoms with Crippen LogP contribution in [0.25, 0.3) is 11.1 Å². The molecule has 0 bridgehead atoms. The molecule has 0 spiro atoms. The van der Waals surface area contributed by atoms with Gasteiger partial charge in [-0.15, -0.1) is 0 Å². The van der Waals surface area contributed by atoms with E-state index >= 15 is 0 Å². The van der Waals surface area contributed by atoms with Crippen molar-refractivity contribution in [3.05, 3.63) is 131 Å². The standard InChI is InChI=1S/C43H52N2O7/c1-30(42(50)34-13-6-5-7-14-34)45(2)28-38-26-39(33-22-20-31(29-46)21-23-33)52-43(51-38)37-17-11-16-36(25-37)35-15-10-12-32(24-35)27-44-40(47)18-8-3-4-9-19-41(48)49/h5-7,10-17,20-25,30,38-39,42-43,46,50H,3-4,8-9,18-19,26-29H2,1-2H3,(H,44,47)(H,48,49)/t30-,38-,39+,42-,43+/m1/s1. The quantitative estimate of drug-likeness (QED) is 0.0784. The van der Waals surface area contributed by atoms with Crippen LogP contribution in [0.5, 0.6) is 0 Å². The van der Waals surface area contributed by atoms with E-state index in [9.17, 15) is 19.8 Å². The zero-order valence-corrected chi connectivity index (χ0v) is 30.2. The topological polar surface area (TPSA) is 129 Å². The Balaban J connectivity index is 1.26. The number of nitrogens with one attached hydrogen (secondary N) is 1. The largest absolute Gasteiger partial charge is 0.481 e. The molecule has 1 saturated heterocycles. The molecule has 4 N–H and O–H groups in total. The second kappa shape index (κ2) is 19.5. The van der Waals surface area contributed by atoms with Crippen LogP contribution in [0.1, 0.15) is 98.2 Å². The van der Waals surface area contributed by atoms with Crippen LogP contribution >= 0.6 is 0 Å². The summed E-state index contributed by atoms with van der Waals surface area (Å²) in [5.41, 5.74) is 6.62. The SMILES string of the molecule is C[C@H]([C@@H](O)c1ccccc1)N(C)C[C@H]1C[C@@H](c2ccc(CO)cc2)O[C@@H](c2cccc(-c3cccc(CNC(=O)CCCCCCC(=O)O)c3)c2)O1. The first kappa shape index (κ1) is 38.8. The summed E-state index contributed by atoms with van der Waals surface area (Å²) in [5, 5.41) is 32.5. The van der Waals surface area contributed by atoms with E-state index in [1.54, 1.807) is 0 Å². The van der Waals surface area contributed by atoms with Gasteiger partial charge in [-0.25, -0.2) is 0 Å². The molecule has 5 rings (SSSR count). The van der Waals surface area contributed by atoms with Crippen LogP contribution in [0.4, 0.5) is 0 Å². The molecule has 1 heterocycles. The van der Waals surface area contributed by atoms with E-state index in [2.05, 4.69) is 28.4 Å². The summed E-state index contributed by atoms with van der Waals surface area (Å²) < 4.78 is 13.3. The van der Waals surface area contributed by atoms with Crippen molar-refractivity contribution in [1.82, 2.24) is 10.2 Å². The summed E-state index contributed by atoms with van der Waals surface area (Å²) in [6.45, 7) is 3.01. The molecule has 0 radical (unpaired) electrons. The summed E-state index contributed by atoms with van der Waals surface area (Å²) in [4.78, 5) is 25.3. The van der Waals surface area contributed by atoms with E-state index in [0.29, 0.717) is 32.4 Å². The Morgan fingerprint density at radius 2 is 1.50 bits per heavy atom. The predicted molar refractivity (Wildman–Crippen MR) is 201 cm³/mol. The molecule has 0 aliphatic carbocycles. The number of aliphatic carboxylic acids is 1. The fourth-order valence-electron chi connectivity index (χ4n) is 6.62. The molecular weight excluding hydrogens is 656 g/mol. The van der Waals surface area contributed by atoms with Gasteiger partial charge in [0.2, 0.25) is 5.91 Å². The van der Waals surface area contributed by atoms with Crippen LogP contribution in [-0.4, -0.2) is 57.8 Å². The number of carbonyl (C=O) groups is 2. The van der Waals surface area contributed by atoms with Crippen molar-refractivity contribution in [3.8, 4) is 11.1 Å². The summed E-state index contributed by atoms with van der Waals surface area (Å²) in [5.74, 6) is -0.793. The van der Waals surface area contributed by atoms with Crippen molar-refractivity contribution in [1.29, 1.82) is 0 Å². The molecule has 4 aromatic carbocycles. The first-order chi connectivity index (χ1) is 25.2. The highest BCUT2D eigenvalue weighted by Crippen LogP contribution is 2.39. The van der Waals surface area contributed by atoms with Crippen LogP contribution in [0.3, 0.4) is 0 Å². The number of carboxylic acid groups (broad SMARTS) is 1. The molecule has 4 aromatic rings. The number of hydrogen-bond donors (Lipinski definition) is 4. The minimum absolute atomic E-state index is 0.0121. The van der Waals surface area contributed by atoms with Crippen molar-refractivity contribution in [2.45, 2.75) is 95.7 Å². The van der Waals surface area contributed by atoms with E-state index in [1.165, 1.54) is 0 Å². The molecule has 1 aliphatic rings. The lowest BCUT2D eigenvalue weighted by atomic mass is 9.97. The molecule has 5 atom stereocenters. The van der Waals surface area contributed by atoms with Gasteiger partial charge < -0.3 is 30.1 Å². The third-order valence-electron chi connectivity index (χ3n) is 9.85. The molecule has 0 saturated carbocycles. The Hall–Kier alpha value is -4.38. The Labute approximate surface area is 307 Å². The lowest BCUT2D eigenvalue weighted by Crippen LogP contribution is -2.43. The van der Waals surface area contributed by atoms with E-state index in [0.717, 1.165) is 58.2 Å². The summed E-state index contributed by atoms with van der Waals surface area (Å²) in [7, 11) is 2.01. The summed E-state index contributed by atoms with van der Waals surface area (Å²) >= 11 is 0. The highest BCUT2D eigenvalue weighted by molar-refractivity contribution is 5.76. The molecule has 1 fully saturated rings. The zero-order chi connectivity index (χ0) is 36.9. The highest BCUT2D eigenvalue weighted by Gasteiger charge is 2.34. The number of aliphatic hydroxyl groups excluding tert-OH is 2. The average Bonchev–Trinajstić information content (AvgIpc) is 3.18. The normalized spacial score (nSPS) is 18.5. The van der Waals surface area contributed by atoms with E-state index < -0.39 is 18.4 Å². The number of unbranched alkanes of at least 4 members (excludes halogenated alkanes) is 3. The predicted octanol–water partition coefficient (Wildman–Crippen LogP) is 7.49. The molecule has 0 unspecified atom stereocenters. The Morgan fingerprint density at radius 3 is 2.21 bits per heavy atom. The van der Waals surface area contributed by atoms with Crippen LogP contribution in [0.2, 0.25) is 0 Å². The fraction of sp³-hybridized carbons (Fsp3) is 0.395. The fourth-order valence-corrected chi connectivity index (χ4v) is 6.62. The van der Waals surface area contributed by atoms with Gasteiger partial charge in [0.1, 0.15) is 0 Å². The molecule has 276 valence electrons. The van der Waals surface area contributed by atoms with Gasteiger partial charge in [0.25, 0.3) is 0 Å². The first-order valence-electron chi connectivity index (χ1n) is 18.3. The second-order valence-electron chi connectivity index (χ2n) is 13.8. The zero-order valence-electron chi connectivity index (χ0n) is 30.2. The molecule has 0 aromatic heterocycles. The monoisotopic (exact) mass is 708 g/mol. The van der Waals surface area contributed by atoms with Crippen molar-refractivity contribution in [2.75, 3.05) is 13.6 Å². The van der Waals surface area contributed by atoms with Crippen LogP contribution in [0.15, 0.2) is 103 Å². The van der Waals surface area contributed by atoms with Crippen molar-refractivity contribution >= 4 is 11.9 Å². The van der Waals surface area contributed by atoms with E-state index in [-0.39, 0.29) is 37.2 Å². The molecule has 9 nitrogen and oxygen atoms in total. The van der Waals surface area contributed by atoms with E-state index in [4.69, 9.17) is 14.6 Å². The van der Waals surface area contributed by atoms with Gasteiger partial charge in [0, 0.05) is 44.0 Å². The van der Waals surface area contributed by atoms with Crippen molar-refractivity contribution in [3.63, 3.8) is 0 Å². The number of amides is 1. The third-order valence-corrected chi connectivity index (χ3v) is 9.85. The lowest BCUT2D eigenvalue weighted by molar-refractivity contribution is -0.253. The number of hydrogen-bond acceptors (Lipinski definition) is 7. The number of nitrogens with zero attached hydrogens (tertiary/aromatic N) is 1. The Kier molecular flexibility index (Phi) is 14.5. The van der Waals surface area contributed by atoms with Gasteiger partial charge in [0.05, 0.1) is 24.9 Å². The van der Waals surface area contributed by atoms with Gasteiger partial charge in [-0.05, 0) is 72.3 Å². The van der Waals surface area contributed by atoms with Crippen LogP contribution in [-0.2, 0) is 32.2 Å². The maximum Gasteiger partial charge on any atom is 0.303 e. The van der Waals surface area contributed by atoms with Gasteiger partial charge in [-0.3, -0.25) is 14.5 Å². The first-order valence-corrected chi connectivity index (χ1v) is 18.3. The van der Waals surface area contributed by atoms with Gasteiger partial charge in [0.15, 0.2) is 6.29 Å².